The molecule has 1 aliphatic heterocycles. The second kappa shape index (κ2) is 6.01. The lowest BCUT2D eigenvalue weighted by atomic mass is 10.2. The third-order valence-electron chi connectivity index (χ3n) is 3.77. The summed E-state index contributed by atoms with van der Waals surface area (Å²) in [5.74, 6) is -0.237. The quantitative estimate of drug-likeness (QED) is 0.934. The summed E-state index contributed by atoms with van der Waals surface area (Å²) >= 11 is 0. The number of anilines is 1. The fourth-order valence-electron chi connectivity index (χ4n) is 2.60. The highest BCUT2D eigenvalue weighted by Gasteiger charge is 2.18. The lowest BCUT2D eigenvalue weighted by molar-refractivity contribution is 0.0696. The van der Waals surface area contributed by atoms with Crippen LogP contribution in [0.25, 0.3) is 0 Å². The summed E-state index contributed by atoms with van der Waals surface area (Å²) in [5, 5.41) is 8.88. The molecule has 5 heteroatoms. The van der Waals surface area contributed by atoms with Crippen molar-refractivity contribution in [2.24, 2.45) is 0 Å². The highest BCUT2D eigenvalue weighted by Crippen LogP contribution is 2.17. The van der Waals surface area contributed by atoms with Gasteiger partial charge in [-0.05, 0) is 18.2 Å². The molecule has 21 heavy (non-hydrogen) atoms. The molecule has 0 atom stereocenters. The number of carboxylic acid groups (broad SMARTS) is 1. The molecule has 0 saturated carbocycles. The average molecular weight is 286 g/mol. The highest BCUT2D eigenvalue weighted by molar-refractivity contribution is 5.87. The maximum Gasteiger partial charge on any atom is 0.338 e. The molecule has 0 aliphatic carbocycles. The van der Waals surface area contributed by atoms with Crippen molar-refractivity contribution in [2.45, 2.75) is 6.54 Å². The number of carbonyl (C=O) groups is 1. The van der Waals surface area contributed by atoms with E-state index >= 15 is 0 Å². The molecule has 110 valence electrons. The van der Waals surface area contributed by atoms with Gasteiger partial charge in [-0.3, -0.25) is 4.90 Å². The van der Waals surface area contributed by atoms with E-state index in [0.717, 1.165) is 26.2 Å². The number of furan rings is 1. The van der Waals surface area contributed by atoms with Gasteiger partial charge in [0.1, 0.15) is 12.0 Å². The van der Waals surface area contributed by atoms with Crippen LogP contribution in [0.4, 0.5) is 5.69 Å². The molecule has 2 aromatic rings. The van der Waals surface area contributed by atoms with Gasteiger partial charge in [-0.25, -0.2) is 4.79 Å². The molecule has 1 N–H and O–H groups in total. The van der Waals surface area contributed by atoms with Gasteiger partial charge in [-0.2, -0.15) is 0 Å². The van der Waals surface area contributed by atoms with E-state index in [9.17, 15) is 4.79 Å². The van der Waals surface area contributed by atoms with Gasteiger partial charge in [-0.1, -0.05) is 18.2 Å². The Morgan fingerprint density at radius 1 is 1.14 bits per heavy atom. The molecule has 3 rings (SSSR count). The maximum absolute atomic E-state index is 10.8. The molecule has 0 bridgehead atoms. The van der Waals surface area contributed by atoms with E-state index in [1.165, 1.54) is 12.0 Å². The molecule has 1 aliphatic rings. The smallest absolute Gasteiger partial charge is 0.338 e. The van der Waals surface area contributed by atoms with Crippen molar-refractivity contribution in [3.05, 3.63) is 54.0 Å². The monoisotopic (exact) mass is 286 g/mol. The van der Waals surface area contributed by atoms with Gasteiger partial charge in [0.2, 0.25) is 0 Å². The number of benzene rings is 1. The summed E-state index contributed by atoms with van der Waals surface area (Å²) < 4.78 is 5.30. The second-order valence-electron chi connectivity index (χ2n) is 5.21. The van der Waals surface area contributed by atoms with Crippen LogP contribution in [0.3, 0.4) is 0 Å². The Morgan fingerprint density at radius 2 is 1.86 bits per heavy atom. The molecular formula is C16H18N2O3. The first kappa shape index (κ1) is 13.7. The molecule has 1 saturated heterocycles. The standard InChI is InChI=1S/C16H18N2O3/c19-16(20)13-10-15(21-12-13)11-17-6-8-18(9-7-17)14-4-2-1-3-5-14/h1-5,10,12H,6-9,11H2,(H,19,20). The van der Waals surface area contributed by atoms with Crippen LogP contribution in [0.15, 0.2) is 47.1 Å². The first-order chi connectivity index (χ1) is 10.2. The third kappa shape index (κ3) is 3.25. The zero-order valence-electron chi connectivity index (χ0n) is 11.7. The largest absolute Gasteiger partial charge is 0.478 e. The number of hydrogen-bond donors (Lipinski definition) is 1. The Morgan fingerprint density at radius 3 is 2.48 bits per heavy atom. The molecule has 5 nitrogen and oxygen atoms in total. The predicted molar refractivity (Wildman–Crippen MR) is 79.6 cm³/mol. The minimum absolute atomic E-state index is 0.216. The number of para-hydroxylation sites is 1. The zero-order chi connectivity index (χ0) is 14.7. The normalized spacial score (nSPS) is 16.1. The minimum Gasteiger partial charge on any atom is -0.478 e. The molecule has 0 radical (unpaired) electrons. The second-order valence-corrected chi connectivity index (χ2v) is 5.21. The van der Waals surface area contributed by atoms with Gasteiger partial charge in [0.05, 0.1) is 12.1 Å². The number of hydrogen-bond acceptors (Lipinski definition) is 4. The predicted octanol–water partition coefficient (Wildman–Crippen LogP) is 2.30. The number of piperazine rings is 1. The Hall–Kier alpha value is -2.27. The summed E-state index contributed by atoms with van der Waals surface area (Å²) in [5.41, 5.74) is 1.47. The van der Waals surface area contributed by atoms with Gasteiger partial charge < -0.3 is 14.4 Å². The minimum atomic E-state index is -0.945. The fourth-order valence-corrected chi connectivity index (χ4v) is 2.60. The highest BCUT2D eigenvalue weighted by atomic mass is 16.4. The first-order valence-electron chi connectivity index (χ1n) is 7.05. The third-order valence-corrected chi connectivity index (χ3v) is 3.77. The SMILES string of the molecule is O=C(O)c1coc(CN2CCN(c3ccccc3)CC2)c1. The fraction of sp³-hybridized carbons (Fsp3) is 0.312. The van der Waals surface area contributed by atoms with Crippen molar-refractivity contribution in [3.8, 4) is 0 Å². The van der Waals surface area contributed by atoms with Crippen molar-refractivity contribution < 1.29 is 14.3 Å². The Kier molecular flexibility index (Phi) is 3.92. The zero-order valence-corrected chi connectivity index (χ0v) is 11.7. The van der Waals surface area contributed by atoms with Crippen molar-refractivity contribution in [3.63, 3.8) is 0 Å². The van der Waals surface area contributed by atoms with Crippen LogP contribution < -0.4 is 4.90 Å². The summed E-state index contributed by atoms with van der Waals surface area (Å²) in [6.45, 7) is 4.49. The van der Waals surface area contributed by atoms with E-state index in [0.29, 0.717) is 12.3 Å². The molecule has 0 spiro atoms. The van der Waals surface area contributed by atoms with Crippen molar-refractivity contribution >= 4 is 11.7 Å². The summed E-state index contributed by atoms with van der Waals surface area (Å²) in [7, 11) is 0. The average Bonchev–Trinajstić information content (AvgIpc) is 2.98. The van der Waals surface area contributed by atoms with Crippen LogP contribution in [0.5, 0.6) is 0 Å². The van der Waals surface area contributed by atoms with Gasteiger partial charge >= 0.3 is 5.97 Å². The molecule has 2 heterocycles. The molecule has 0 amide bonds. The van der Waals surface area contributed by atoms with Crippen molar-refractivity contribution in [1.82, 2.24) is 4.90 Å². The molecule has 1 aromatic heterocycles. The Labute approximate surface area is 123 Å². The van der Waals surface area contributed by atoms with E-state index < -0.39 is 5.97 Å². The lowest BCUT2D eigenvalue weighted by Crippen LogP contribution is -2.45. The van der Waals surface area contributed by atoms with E-state index in [-0.39, 0.29) is 5.56 Å². The van der Waals surface area contributed by atoms with Crippen LogP contribution in [0.2, 0.25) is 0 Å². The van der Waals surface area contributed by atoms with Gasteiger partial charge in [0.25, 0.3) is 0 Å². The van der Waals surface area contributed by atoms with Crippen LogP contribution in [-0.4, -0.2) is 42.2 Å². The van der Waals surface area contributed by atoms with Crippen LogP contribution in [0.1, 0.15) is 16.1 Å². The van der Waals surface area contributed by atoms with Crippen LogP contribution in [0, 0.1) is 0 Å². The van der Waals surface area contributed by atoms with Gasteiger partial charge in [0, 0.05) is 31.9 Å². The summed E-state index contributed by atoms with van der Waals surface area (Å²) in [4.78, 5) is 15.5. The van der Waals surface area contributed by atoms with E-state index in [4.69, 9.17) is 9.52 Å². The number of rotatable bonds is 4. The number of aromatic carboxylic acids is 1. The topological polar surface area (TPSA) is 56.9 Å². The summed E-state index contributed by atoms with van der Waals surface area (Å²) in [6.07, 6.45) is 1.30. The van der Waals surface area contributed by atoms with E-state index in [2.05, 4.69) is 34.1 Å². The summed E-state index contributed by atoms with van der Waals surface area (Å²) in [6, 6.07) is 12.0. The number of nitrogens with zero attached hydrogens (tertiary/aromatic N) is 2. The maximum atomic E-state index is 10.8. The van der Waals surface area contributed by atoms with Crippen molar-refractivity contribution in [1.29, 1.82) is 0 Å². The van der Waals surface area contributed by atoms with Crippen molar-refractivity contribution in [2.75, 3.05) is 31.1 Å². The van der Waals surface area contributed by atoms with E-state index in [1.54, 1.807) is 6.07 Å². The van der Waals surface area contributed by atoms with E-state index in [1.807, 2.05) is 6.07 Å². The number of carboxylic acids is 1. The van der Waals surface area contributed by atoms with Crippen LogP contribution in [-0.2, 0) is 6.54 Å². The first-order valence-corrected chi connectivity index (χ1v) is 7.05. The van der Waals surface area contributed by atoms with Gasteiger partial charge in [-0.15, -0.1) is 0 Å². The Bertz CT molecular complexity index is 601. The molecular weight excluding hydrogens is 268 g/mol. The molecule has 0 unspecified atom stereocenters. The molecule has 1 aromatic carbocycles. The Balaban J connectivity index is 1.55. The molecule has 1 fully saturated rings. The van der Waals surface area contributed by atoms with Gasteiger partial charge in [0.15, 0.2) is 0 Å². The lowest BCUT2D eigenvalue weighted by Gasteiger charge is -2.35. The van der Waals surface area contributed by atoms with Crippen LogP contribution >= 0.6 is 0 Å².